The maximum Gasteiger partial charge on any atom is 0.193 e. The van der Waals surface area contributed by atoms with Crippen molar-refractivity contribution in [3.05, 3.63) is 54.2 Å². The minimum atomic E-state index is 0.396. The molecule has 1 aromatic heterocycles. The lowest BCUT2D eigenvalue weighted by atomic mass is 10.2. The van der Waals surface area contributed by atoms with Crippen LogP contribution in [0, 0.1) is 0 Å². The van der Waals surface area contributed by atoms with Crippen molar-refractivity contribution in [3.63, 3.8) is 0 Å². The Kier molecular flexibility index (Phi) is 5.06. The second-order valence-corrected chi connectivity index (χ2v) is 5.28. The molecular weight excluding hydrogens is 290 g/mol. The van der Waals surface area contributed by atoms with Crippen LogP contribution in [0.15, 0.2) is 53.7 Å². The zero-order valence-electron chi connectivity index (χ0n) is 13.0. The quantitative estimate of drug-likeness (QED) is 0.666. The van der Waals surface area contributed by atoms with Crippen molar-refractivity contribution in [2.24, 2.45) is 10.7 Å². The summed E-state index contributed by atoms with van der Waals surface area (Å²) in [7, 11) is 0. The molecule has 120 valence electrons. The highest BCUT2D eigenvalue weighted by atomic mass is 16.5. The third-order valence-electron chi connectivity index (χ3n) is 3.64. The van der Waals surface area contributed by atoms with Gasteiger partial charge in [-0.2, -0.15) is 0 Å². The highest BCUT2D eigenvalue weighted by Crippen LogP contribution is 2.19. The Morgan fingerprint density at radius 1 is 1.17 bits per heavy atom. The van der Waals surface area contributed by atoms with Crippen LogP contribution in [0.25, 0.3) is 0 Å². The van der Waals surface area contributed by atoms with Crippen molar-refractivity contribution in [2.45, 2.75) is 6.54 Å². The molecule has 0 unspecified atom stereocenters. The molecule has 1 aliphatic rings. The largest absolute Gasteiger partial charge is 0.378 e. The van der Waals surface area contributed by atoms with E-state index >= 15 is 0 Å². The minimum Gasteiger partial charge on any atom is -0.378 e. The summed E-state index contributed by atoms with van der Waals surface area (Å²) >= 11 is 0. The van der Waals surface area contributed by atoms with Gasteiger partial charge in [0.15, 0.2) is 5.96 Å². The van der Waals surface area contributed by atoms with Crippen LogP contribution in [-0.2, 0) is 11.3 Å². The maximum absolute atomic E-state index is 5.97. The molecule has 1 aromatic carbocycles. The lowest BCUT2D eigenvalue weighted by molar-refractivity contribution is 0.122. The van der Waals surface area contributed by atoms with Crippen molar-refractivity contribution >= 4 is 17.5 Å². The molecule has 1 aliphatic heterocycles. The Hall–Kier alpha value is -2.60. The number of hydrogen-bond donors (Lipinski definition) is 2. The highest BCUT2D eigenvalue weighted by Gasteiger charge is 2.15. The second-order valence-electron chi connectivity index (χ2n) is 5.28. The fourth-order valence-corrected chi connectivity index (χ4v) is 2.49. The van der Waals surface area contributed by atoms with E-state index in [1.165, 1.54) is 0 Å². The van der Waals surface area contributed by atoms with Crippen LogP contribution < -0.4 is 16.0 Å². The van der Waals surface area contributed by atoms with E-state index in [2.05, 4.69) is 20.2 Å². The van der Waals surface area contributed by atoms with Gasteiger partial charge in [0.1, 0.15) is 5.82 Å². The van der Waals surface area contributed by atoms with E-state index < -0.39 is 0 Å². The number of nitrogens with zero attached hydrogens (tertiary/aromatic N) is 3. The lowest BCUT2D eigenvalue weighted by Gasteiger charge is -2.29. The Morgan fingerprint density at radius 3 is 2.74 bits per heavy atom. The predicted octanol–water partition coefficient (Wildman–Crippen LogP) is 1.84. The lowest BCUT2D eigenvalue weighted by Crippen LogP contribution is -2.37. The van der Waals surface area contributed by atoms with Crippen LogP contribution in [0.5, 0.6) is 0 Å². The first-order valence-corrected chi connectivity index (χ1v) is 7.71. The predicted molar refractivity (Wildman–Crippen MR) is 92.7 cm³/mol. The molecule has 23 heavy (non-hydrogen) atoms. The number of nitrogens with two attached hydrogens (primary N) is 1. The number of morpholine rings is 1. The summed E-state index contributed by atoms with van der Waals surface area (Å²) in [5.41, 5.74) is 7.95. The first-order valence-electron chi connectivity index (χ1n) is 7.71. The number of para-hydroxylation sites is 1. The van der Waals surface area contributed by atoms with Crippen molar-refractivity contribution in [2.75, 3.05) is 36.5 Å². The third-order valence-corrected chi connectivity index (χ3v) is 3.64. The molecule has 0 bridgehead atoms. The van der Waals surface area contributed by atoms with Crippen LogP contribution in [0.1, 0.15) is 5.56 Å². The fourth-order valence-electron chi connectivity index (χ4n) is 2.49. The average Bonchev–Trinajstić information content (AvgIpc) is 2.62. The Labute approximate surface area is 136 Å². The van der Waals surface area contributed by atoms with E-state index in [1.807, 2.05) is 48.7 Å². The van der Waals surface area contributed by atoms with Gasteiger partial charge in [-0.05, 0) is 18.2 Å². The van der Waals surface area contributed by atoms with Crippen molar-refractivity contribution in [1.29, 1.82) is 0 Å². The number of ether oxygens (including phenoxy) is 1. The Balaban J connectivity index is 1.68. The first-order chi connectivity index (χ1) is 11.3. The summed E-state index contributed by atoms with van der Waals surface area (Å²) in [6.07, 6.45) is 1.81. The molecule has 0 amide bonds. The number of rotatable bonds is 4. The molecule has 1 saturated heterocycles. The molecule has 1 fully saturated rings. The monoisotopic (exact) mass is 311 g/mol. The van der Waals surface area contributed by atoms with Crippen LogP contribution in [-0.4, -0.2) is 37.2 Å². The number of hydrogen-bond acceptors (Lipinski definition) is 4. The number of pyridine rings is 1. The summed E-state index contributed by atoms with van der Waals surface area (Å²) < 4.78 is 5.40. The van der Waals surface area contributed by atoms with Gasteiger partial charge in [-0.25, -0.2) is 9.98 Å². The van der Waals surface area contributed by atoms with Crippen molar-refractivity contribution in [1.82, 2.24) is 4.98 Å². The smallest absolute Gasteiger partial charge is 0.193 e. The summed E-state index contributed by atoms with van der Waals surface area (Å²) in [6.45, 7) is 3.66. The van der Waals surface area contributed by atoms with Gasteiger partial charge in [-0.15, -0.1) is 0 Å². The van der Waals surface area contributed by atoms with Crippen LogP contribution in [0.4, 0.5) is 11.5 Å². The van der Waals surface area contributed by atoms with Gasteiger partial charge >= 0.3 is 0 Å². The van der Waals surface area contributed by atoms with E-state index in [0.29, 0.717) is 12.5 Å². The summed E-state index contributed by atoms with van der Waals surface area (Å²) in [5, 5.41) is 3.08. The maximum atomic E-state index is 5.97. The summed E-state index contributed by atoms with van der Waals surface area (Å²) in [4.78, 5) is 11.2. The van der Waals surface area contributed by atoms with E-state index in [1.54, 1.807) is 0 Å². The molecule has 2 aromatic rings. The molecule has 0 spiro atoms. The van der Waals surface area contributed by atoms with E-state index in [9.17, 15) is 0 Å². The SMILES string of the molecule is NC(=NCc1cccnc1N1CCOCC1)Nc1ccccc1. The molecule has 6 heteroatoms. The van der Waals surface area contributed by atoms with E-state index in [-0.39, 0.29) is 0 Å². The molecule has 3 rings (SSSR count). The molecule has 6 nitrogen and oxygen atoms in total. The van der Waals surface area contributed by atoms with Gasteiger partial charge in [-0.3, -0.25) is 0 Å². The zero-order chi connectivity index (χ0) is 15.9. The number of nitrogens with one attached hydrogen (secondary N) is 1. The van der Waals surface area contributed by atoms with Gasteiger partial charge in [0.05, 0.1) is 19.8 Å². The molecule has 0 saturated carbocycles. The minimum absolute atomic E-state index is 0.396. The van der Waals surface area contributed by atoms with Gasteiger partial charge in [0, 0.05) is 30.5 Å². The van der Waals surface area contributed by atoms with E-state index in [0.717, 1.165) is 43.4 Å². The second kappa shape index (κ2) is 7.60. The molecule has 0 radical (unpaired) electrons. The van der Waals surface area contributed by atoms with Crippen molar-refractivity contribution in [3.8, 4) is 0 Å². The number of aliphatic imine (C=N–C) groups is 1. The molecule has 0 aliphatic carbocycles. The van der Waals surface area contributed by atoms with Crippen LogP contribution >= 0.6 is 0 Å². The fraction of sp³-hybridized carbons (Fsp3) is 0.294. The van der Waals surface area contributed by atoms with Gasteiger partial charge in [0.25, 0.3) is 0 Å². The van der Waals surface area contributed by atoms with Gasteiger partial charge < -0.3 is 20.7 Å². The zero-order valence-corrected chi connectivity index (χ0v) is 13.0. The average molecular weight is 311 g/mol. The number of guanidine groups is 1. The normalized spacial score (nSPS) is 15.5. The summed E-state index contributed by atoms with van der Waals surface area (Å²) in [5.74, 6) is 1.36. The first kappa shape index (κ1) is 15.3. The number of aromatic nitrogens is 1. The van der Waals surface area contributed by atoms with Crippen LogP contribution in [0.2, 0.25) is 0 Å². The standard InChI is InChI=1S/C17H21N5O/c18-17(21-15-6-2-1-3-7-15)20-13-14-5-4-8-19-16(14)22-9-11-23-12-10-22/h1-8H,9-13H2,(H3,18,20,21). The summed E-state index contributed by atoms with van der Waals surface area (Å²) in [6, 6.07) is 13.7. The Bertz CT molecular complexity index is 653. The topological polar surface area (TPSA) is 75.8 Å². The molecule has 2 heterocycles. The number of anilines is 2. The molecule has 3 N–H and O–H groups in total. The highest BCUT2D eigenvalue weighted by molar-refractivity contribution is 5.92. The van der Waals surface area contributed by atoms with Gasteiger partial charge in [-0.1, -0.05) is 24.3 Å². The third kappa shape index (κ3) is 4.20. The molecular formula is C17H21N5O. The Morgan fingerprint density at radius 2 is 1.96 bits per heavy atom. The van der Waals surface area contributed by atoms with E-state index in [4.69, 9.17) is 10.5 Å². The van der Waals surface area contributed by atoms with Crippen molar-refractivity contribution < 1.29 is 4.74 Å². The molecule has 0 atom stereocenters. The van der Waals surface area contributed by atoms with Crippen LogP contribution in [0.3, 0.4) is 0 Å². The number of benzene rings is 1. The van der Waals surface area contributed by atoms with Gasteiger partial charge in [0.2, 0.25) is 0 Å².